The number of pyridine rings is 1. The lowest BCUT2D eigenvalue weighted by molar-refractivity contribution is 0.145. The van der Waals surface area contributed by atoms with Crippen molar-refractivity contribution in [1.82, 2.24) is 4.98 Å². The van der Waals surface area contributed by atoms with Crippen LogP contribution < -0.4 is 5.73 Å². The van der Waals surface area contributed by atoms with Gasteiger partial charge in [0.1, 0.15) is 11.5 Å². The molecule has 0 unspecified atom stereocenters. The van der Waals surface area contributed by atoms with E-state index in [0.29, 0.717) is 14.5 Å². The molecule has 1 aromatic heterocycles. The van der Waals surface area contributed by atoms with E-state index in [-0.39, 0.29) is 11.5 Å². The van der Waals surface area contributed by atoms with Crippen LogP contribution in [0.4, 0.5) is 14.6 Å². The molecule has 1 heterocycles. The molecule has 0 bridgehead atoms. The Morgan fingerprint density at radius 1 is 1.62 bits per heavy atom. The molecule has 0 saturated carbocycles. The molecule has 0 fully saturated rings. The third-order valence-electron chi connectivity index (χ3n) is 1.47. The second kappa shape index (κ2) is 4.50. The minimum atomic E-state index is -2.58. The summed E-state index contributed by atoms with van der Waals surface area (Å²) in [4.78, 5) is 3.63. The van der Waals surface area contributed by atoms with Gasteiger partial charge in [-0.1, -0.05) is 15.9 Å². The molecule has 0 atom stereocenters. The van der Waals surface area contributed by atoms with E-state index in [0.717, 1.165) is 0 Å². The van der Waals surface area contributed by atoms with Crippen molar-refractivity contribution in [2.75, 3.05) is 5.73 Å². The summed E-state index contributed by atoms with van der Waals surface area (Å²) in [5.74, 6) is 0.153. The van der Waals surface area contributed by atoms with Gasteiger partial charge in [-0.2, -0.15) is 0 Å². The van der Waals surface area contributed by atoms with Crippen molar-refractivity contribution in [1.29, 1.82) is 0 Å². The highest BCUT2D eigenvalue weighted by Crippen LogP contribution is 2.26. The van der Waals surface area contributed by atoms with Crippen molar-refractivity contribution < 1.29 is 8.78 Å². The van der Waals surface area contributed by atoms with E-state index in [2.05, 4.69) is 20.9 Å². The Hall–Kier alpha value is 0.0200. The molecule has 0 spiro atoms. The standard InChI is InChI=1S/C7H6BrF2IN2/c8-2-3-1-4(11)7(12)13-5(3)6(9)10/h1,6H,2H2,(H2,12,13). The number of hydrogen-bond acceptors (Lipinski definition) is 2. The first-order valence-corrected chi connectivity index (χ1v) is 5.55. The van der Waals surface area contributed by atoms with E-state index in [1.54, 1.807) is 6.07 Å². The summed E-state index contributed by atoms with van der Waals surface area (Å²) in [6, 6.07) is 1.61. The van der Waals surface area contributed by atoms with Gasteiger partial charge in [-0.05, 0) is 34.2 Å². The van der Waals surface area contributed by atoms with Gasteiger partial charge in [-0.3, -0.25) is 0 Å². The third kappa shape index (κ3) is 2.49. The summed E-state index contributed by atoms with van der Waals surface area (Å²) < 4.78 is 25.5. The molecule has 2 N–H and O–H groups in total. The van der Waals surface area contributed by atoms with Gasteiger partial charge in [0.15, 0.2) is 0 Å². The van der Waals surface area contributed by atoms with Crippen molar-refractivity contribution in [3.8, 4) is 0 Å². The van der Waals surface area contributed by atoms with E-state index in [1.807, 2.05) is 22.6 Å². The van der Waals surface area contributed by atoms with Crippen molar-refractivity contribution >= 4 is 44.3 Å². The van der Waals surface area contributed by atoms with Gasteiger partial charge in [0.05, 0.1) is 3.57 Å². The zero-order chi connectivity index (χ0) is 10.0. The molecular weight excluding hydrogens is 357 g/mol. The molecule has 0 aliphatic rings. The summed E-state index contributed by atoms with van der Waals surface area (Å²) in [5, 5.41) is 0.357. The summed E-state index contributed by atoms with van der Waals surface area (Å²) in [7, 11) is 0. The van der Waals surface area contributed by atoms with Crippen LogP contribution >= 0.6 is 38.5 Å². The zero-order valence-corrected chi connectivity index (χ0v) is 10.1. The van der Waals surface area contributed by atoms with Crippen molar-refractivity contribution in [2.24, 2.45) is 0 Å². The van der Waals surface area contributed by atoms with Gasteiger partial charge in [0, 0.05) is 5.33 Å². The van der Waals surface area contributed by atoms with Crippen LogP contribution in [0.5, 0.6) is 0 Å². The smallest absolute Gasteiger partial charge is 0.280 e. The minimum Gasteiger partial charge on any atom is -0.383 e. The lowest BCUT2D eigenvalue weighted by Crippen LogP contribution is -2.03. The van der Waals surface area contributed by atoms with E-state index in [1.165, 1.54) is 0 Å². The molecule has 13 heavy (non-hydrogen) atoms. The van der Waals surface area contributed by atoms with Crippen LogP contribution in [-0.2, 0) is 5.33 Å². The van der Waals surface area contributed by atoms with Gasteiger partial charge < -0.3 is 5.73 Å². The first-order chi connectivity index (χ1) is 6.06. The first-order valence-electron chi connectivity index (χ1n) is 3.35. The second-order valence-electron chi connectivity index (χ2n) is 2.33. The van der Waals surface area contributed by atoms with E-state index in [9.17, 15) is 8.78 Å². The maximum absolute atomic E-state index is 12.4. The number of nitrogens with two attached hydrogens (primary N) is 1. The Bertz CT molecular complexity index is 320. The molecule has 2 nitrogen and oxygen atoms in total. The molecule has 0 saturated heterocycles. The Morgan fingerprint density at radius 2 is 2.23 bits per heavy atom. The summed E-state index contributed by atoms with van der Waals surface area (Å²) >= 11 is 5.08. The maximum Gasteiger partial charge on any atom is 0.280 e. The largest absolute Gasteiger partial charge is 0.383 e. The normalized spacial score (nSPS) is 10.8. The van der Waals surface area contributed by atoms with Crippen LogP contribution in [0.15, 0.2) is 6.07 Å². The third-order valence-corrected chi connectivity index (χ3v) is 2.93. The quantitative estimate of drug-likeness (QED) is 0.648. The predicted molar refractivity (Wildman–Crippen MR) is 59.0 cm³/mol. The fourth-order valence-corrected chi connectivity index (χ4v) is 1.80. The fraction of sp³-hybridized carbons (Fsp3) is 0.286. The zero-order valence-electron chi connectivity index (χ0n) is 6.40. The average Bonchev–Trinajstić information content (AvgIpc) is 2.08. The van der Waals surface area contributed by atoms with Crippen LogP contribution in [-0.4, -0.2) is 4.98 Å². The second-order valence-corrected chi connectivity index (χ2v) is 4.06. The Morgan fingerprint density at radius 3 is 2.69 bits per heavy atom. The Kier molecular flexibility index (Phi) is 3.84. The minimum absolute atomic E-state index is 0.153. The van der Waals surface area contributed by atoms with Gasteiger partial charge >= 0.3 is 0 Å². The first kappa shape index (κ1) is 11.1. The van der Waals surface area contributed by atoms with Gasteiger partial charge in [-0.15, -0.1) is 0 Å². The van der Waals surface area contributed by atoms with Crippen molar-refractivity contribution in [3.05, 3.63) is 20.9 Å². The number of nitrogen functional groups attached to an aromatic ring is 1. The predicted octanol–water partition coefficient (Wildman–Crippen LogP) is 3.10. The number of aromatic nitrogens is 1. The summed E-state index contributed by atoms with van der Waals surface area (Å²) in [6.45, 7) is 0. The number of hydrogen-bond donors (Lipinski definition) is 1. The SMILES string of the molecule is Nc1nc(C(F)F)c(CBr)cc1I. The number of nitrogens with zero attached hydrogens (tertiary/aromatic N) is 1. The van der Waals surface area contributed by atoms with Gasteiger partial charge in [0.25, 0.3) is 6.43 Å². The molecule has 1 rings (SSSR count). The fourth-order valence-electron chi connectivity index (χ4n) is 0.852. The van der Waals surface area contributed by atoms with E-state index in [4.69, 9.17) is 5.73 Å². The average molecular weight is 363 g/mol. The van der Waals surface area contributed by atoms with Crippen LogP contribution in [0, 0.1) is 3.57 Å². The number of alkyl halides is 3. The molecule has 72 valence electrons. The summed E-state index contributed by atoms with van der Waals surface area (Å²) in [5.41, 5.74) is 5.65. The topological polar surface area (TPSA) is 38.9 Å². The molecule has 6 heteroatoms. The van der Waals surface area contributed by atoms with E-state index >= 15 is 0 Å². The summed E-state index contributed by atoms with van der Waals surface area (Å²) in [6.07, 6.45) is -2.58. The Balaban J connectivity index is 3.25. The number of anilines is 1. The van der Waals surface area contributed by atoms with Crippen molar-refractivity contribution in [3.63, 3.8) is 0 Å². The highest BCUT2D eigenvalue weighted by Gasteiger charge is 2.16. The highest BCUT2D eigenvalue weighted by molar-refractivity contribution is 14.1. The lowest BCUT2D eigenvalue weighted by atomic mass is 10.2. The lowest BCUT2D eigenvalue weighted by Gasteiger charge is -2.07. The molecule has 0 amide bonds. The number of rotatable bonds is 2. The molecule has 0 radical (unpaired) electrons. The molecule has 1 aromatic rings. The monoisotopic (exact) mass is 362 g/mol. The van der Waals surface area contributed by atoms with E-state index < -0.39 is 6.43 Å². The van der Waals surface area contributed by atoms with Crippen LogP contribution in [0.2, 0.25) is 0 Å². The van der Waals surface area contributed by atoms with Crippen LogP contribution in [0.1, 0.15) is 17.7 Å². The molecule has 0 aromatic carbocycles. The molecule has 0 aliphatic carbocycles. The maximum atomic E-state index is 12.4. The van der Waals surface area contributed by atoms with Gasteiger partial charge in [-0.25, -0.2) is 13.8 Å². The number of halogens is 4. The molecule has 0 aliphatic heterocycles. The Labute approximate surface area is 96.2 Å². The van der Waals surface area contributed by atoms with Crippen molar-refractivity contribution in [2.45, 2.75) is 11.8 Å². The van der Waals surface area contributed by atoms with Crippen LogP contribution in [0.25, 0.3) is 0 Å². The van der Waals surface area contributed by atoms with Crippen LogP contribution in [0.3, 0.4) is 0 Å². The van der Waals surface area contributed by atoms with Gasteiger partial charge in [0.2, 0.25) is 0 Å². The highest BCUT2D eigenvalue weighted by atomic mass is 127. The molecular formula is C7H6BrF2IN2.